The number of benzene rings is 8. The van der Waals surface area contributed by atoms with Crippen LogP contribution in [0.25, 0.3) is 66.1 Å². The van der Waals surface area contributed by atoms with Crippen LogP contribution in [0, 0.1) is 0 Å². The molecule has 0 aliphatic heterocycles. The van der Waals surface area contributed by atoms with Crippen LogP contribution >= 0.6 is 0 Å². The first-order valence-corrected chi connectivity index (χ1v) is 15.7. The Morgan fingerprint density at radius 3 is 1.54 bits per heavy atom. The van der Waals surface area contributed by atoms with Crippen LogP contribution in [0.3, 0.4) is 0 Å². The van der Waals surface area contributed by atoms with Gasteiger partial charge >= 0.3 is 0 Å². The summed E-state index contributed by atoms with van der Waals surface area (Å²) in [6, 6.07) is 38.0. The molecule has 226 valence electrons. The van der Waals surface area contributed by atoms with Crippen molar-refractivity contribution < 1.29 is 18.1 Å². The van der Waals surface area contributed by atoms with Gasteiger partial charge in [0.15, 0.2) is 0 Å². The Bertz CT molecular complexity index is 2940. The molecule has 0 atom stereocenters. The molecule has 0 fully saturated rings. The van der Waals surface area contributed by atoms with E-state index >= 15 is 0 Å². The highest BCUT2D eigenvalue weighted by Gasteiger charge is 2.18. The first-order valence-electron chi connectivity index (χ1n) is 20.7. The fourth-order valence-electron chi connectivity index (χ4n) is 6.58. The Balaban J connectivity index is 1.14. The molecule has 0 bridgehead atoms. The number of rotatable bonds is 6. The molecule has 0 spiro atoms. The molecule has 1 nitrogen and oxygen atoms in total. The Hall–Kier alpha value is -6.18. The van der Waals surface area contributed by atoms with E-state index < -0.39 is 36.3 Å². The lowest BCUT2D eigenvalue weighted by Crippen LogP contribution is -2.03. The molecular weight excluding hydrogens is 581 g/mol. The lowest BCUT2D eigenvalue weighted by molar-refractivity contribution is 0.669. The standard InChI is InChI=1S/C47H32O/c1-3-9-32(10-4-1)34-15-19-36(20-16-34)47(37-21-17-35(18-22-37)33-11-5-2-6-12-33)42-26-25-38-29-39(23-24-40(38)30-42)41-27-28-46-44(31-41)43-13-7-8-14-45(43)48-46/h1-31,47H/i1D,2D,3D,4D,5D,6D,9D,10D,11D,12D. The average Bonchev–Trinajstić information content (AvgIpc) is 3.62. The van der Waals surface area contributed by atoms with E-state index in [0.717, 1.165) is 60.5 Å². The zero-order chi connectivity index (χ0) is 40.6. The maximum Gasteiger partial charge on any atom is 0.135 e. The maximum absolute atomic E-state index is 8.51. The molecule has 0 saturated heterocycles. The largest absolute Gasteiger partial charge is 0.456 e. The minimum absolute atomic E-state index is 0.124. The number of hydrogen-bond acceptors (Lipinski definition) is 1. The fraction of sp³-hybridized carbons (Fsp3) is 0.0213. The second-order valence-corrected chi connectivity index (χ2v) is 11.8. The summed E-state index contributed by atoms with van der Waals surface area (Å²) in [6.45, 7) is 0. The van der Waals surface area contributed by atoms with Crippen molar-refractivity contribution in [3.8, 4) is 33.4 Å². The molecule has 9 rings (SSSR count). The Labute approximate surface area is 294 Å². The predicted molar refractivity (Wildman–Crippen MR) is 201 cm³/mol. The molecule has 0 aliphatic rings. The van der Waals surface area contributed by atoms with Crippen LogP contribution < -0.4 is 0 Å². The average molecular weight is 623 g/mol. The molecule has 0 N–H and O–H groups in total. The van der Waals surface area contributed by atoms with Crippen molar-refractivity contribution in [1.82, 2.24) is 0 Å². The third kappa shape index (κ3) is 5.16. The van der Waals surface area contributed by atoms with E-state index in [0.29, 0.717) is 11.1 Å². The molecule has 0 saturated carbocycles. The topological polar surface area (TPSA) is 13.1 Å². The molecule has 9 aromatic rings. The highest BCUT2D eigenvalue weighted by atomic mass is 16.3. The molecule has 0 aliphatic carbocycles. The van der Waals surface area contributed by atoms with Gasteiger partial charge < -0.3 is 4.42 Å². The van der Waals surface area contributed by atoms with Crippen molar-refractivity contribution in [3.63, 3.8) is 0 Å². The number of para-hydroxylation sites is 1. The second kappa shape index (κ2) is 11.9. The first-order chi connectivity index (χ1) is 27.9. The number of hydrogen-bond donors (Lipinski definition) is 0. The van der Waals surface area contributed by atoms with E-state index in [1.807, 2.05) is 48.5 Å². The Morgan fingerprint density at radius 2 is 0.875 bits per heavy atom. The lowest BCUT2D eigenvalue weighted by Gasteiger charge is -2.21. The molecule has 1 heterocycles. The van der Waals surface area contributed by atoms with Gasteiger partial charge in [0.05, 0.1) is 13.7 Å². The van der Waals surface area contributed by atoms with Crippen LogP contribution in [0.4, 0.5) is 0 Å². The molecule has 8 aromatic carbocycles. The van der Waals surface area contributed by atoms with Crippen LogP contribution in [0.1, 0.15) is 36.3 Å². The maximum atomic E-state index is 8.51. The highest BCUT2D eigenvalue weighted by Crippen LogP contribution is 2.37. The molecule has 0 amide bonds. The van der Waals surface area contributed by atoms with E-state index in [4.69, 9.17) is 18.1 Å². The molecule has 1 heteroatoms. The summed E-state index contributed by atoms with van der Waals surface area (Å²) in [5.74, 6) is -0.330. The molecule has 0 radical (unpaired) electrons. The van der Waals surface area contributed by atoms with Gasteiger partial charge in [-0.2, -0.15) is 0 Å². The van der Waals surface area contributed by atoms with Crippen molar-refractivity contribution in [2.45, 2.75) is 5.92 Å². The zero-order valence-electron chi connectivity index (χ0n) is 35.6. The summed E-state index contributed by atoms with van der Waals surface area (Å²) in [6.07, 6.45) is 0. The third-order valence-electron chi connectivity index (χ3n) is 8.97. The van der Waals surface area contributed by atoms with Gasteiger partial charge in [0.2, 0.25) is 0 Å². The van der Waals surface area contributed by atoms with Gasteiger partial charge in [0.1, 0.15) is 11.2 Å². The van der Waals surface area contributed by atoms with E-state index in [1.165, 1.54) is 0 Å². The van der Waals surface area contributed by atoms with E-state index in [9.17, 15) is 0 Å². The third-order valence-corrected chi connectivity index (χ3v) is 8.97. The number of furan rings is 1. The SMILES string of the molecule is [2H]c1c([2H])c([2H])c(-c2ccc(C(c3ccc(-c4c([2H])c([2H])c([2H])c([2H])c4[2H])cc3)c3ccc4cc(-c5ccc6oc7ccccc7c6c5)ccc4c3)cc2)c([2H])c1[2H]. The van der Waals surface area contributed by atoms with Gasteiger partial charge in [0.25, 0.3) is 0 Å². The van der Waals surface area contributed by atoms with Crippen LogP contribution in [0.15, 0.2) is 192 Å². The molecular formula is C47H32O. The van der Waals surface area contributed by atoms with Gasteiger partial charge in [-0.15, -0.1) is 0 Å². The van der Waals surface area contributed by atoms with Crippen LogP contribution in [-0.4, -0.2) is 0 Å². The van der Waals surface area contributed by atoms with Crippen molar-refractivity contribution in [1.29, 1.82) is 0 Å². The highest BCUT2D eigenvalue weighted by molar-refractivity contribution is 6.06. The number of fused-ring (bicyclic) bond motifs is 4. The zero-order valence-corrected chi connectivity index (χ0v) is 25.6. The van der Waals surface area contributed by atoms with Crippen LogP contribution in [0.5, 0.6) is 0 Å². The van der Waals surface area contributed by atoms with Crippen LogP contribution in [-0.2, 0) is 0 Å². The van der Waals surface area contributed by atoms with E-state index in [2.05, 4.69) is 54.6 Å². The summed E-state index contributed by atoms with van der Waals surface area (Å²) in [5, 5.41) is 4.19. The fourth-order valence-corrected chi connectivity index (χ4v) is 6.58. The predicted octanol–water partition coefficient (Wildman–Crippen LogP) is 12.9. The summed E-state index contributed by atoms with van der Waals surface area (Å²) < 4.78 is 88.8. The normalized spacial score (nSPS) is 14.4. The van der Waals surface area contributed by atoms with Crippen molar-refractivity contribution in [3.05, 3.63) is 205 Å². The minimum atomic E-state index is -0.446. The summed E-state index contributed by atoms with van der Waals surface area (Å²) in [4.78, 5) is 0. The van der Waals surface area contributed by atoms with Gasteiger partial charge in [-0.05, 0) is 85.1 Å². The monoisotopic (exact) mass is 622 g/mol. The van der Waals surface area contributed by atoms with Gasteiger partial charge in [0, 0.05) is 16.7 Å². The molecule has 0 unspecified atom stereocenters. The van der Waals surface area contributed by atoms with Crippen molar-refractivity contribution in [2.75, 3.05) is 0 Å². The van der Waals surface area contributed by atoms with Gasteiger partial charge in [-0.1, -0.05) is 164 Å². The van der Waals surface area contributed by atoms with Gasteiger partial charge in [-0.3, -0.25) is 0 Å². The Morgan fingerprint density at radius 1 is 0.375 bits per heavy atom. The minimum Gasteiger partial charge on any atom is -0.456 e. The smallest absolute Gasteiger partial charge is 0.135 e. The summed E-state index contributed by atoms with van der Waals surface area (Å²) in [5.41, 5.74) is 7.78. The lowest BCUT2D eigenvalue weighted by atomic mass is 9.83. The second-order valence-electron chi connectivity index (χ2n) is 11.8. The van der Waals surface area contributed by atoms with Gasteiger partial charge in [-0.25, -0.2) is 0 Å². The summed E-state index contributed by atoms with van der Waals surface area (Å²) in [7, 11) is 0. The molecule has 1 aromatic heterocycles. The van der Waals surface area contributed by atoms with E-state index in [-0.39, 0.29) is 41.2 Å². The summed E-state index contributed by atoms with van der Waals surface area (Å²) >= 11 is 0. The Kier molecular flexibility index (Phi) is 4.82. The van der Waals surface area contributed by atoms with Crippen molar-refractivity contribution >= 4 is 32.7 Å². The van der Waals surface area contributed by atoms with E-state index in [1.54, 1.807) is 24.3 Å². The molecule has 48 heavy (non-hydrogen) atoms. The quantitative estimate of drug-likeness (QED) is 0.168. The van der Waals surface area contributed by atoms with Crippen LogP contribution in [0.2, 0.25) is 0 Å². The first kappa shape index (κ1) is 19.5. The van der Waals surface area contributed by atoms with Crippen molar-refractivity contribution in [2.24, 2.45) is 0 Å².